The van der Waals surface area contributed by atoms with Gasteiger partial charge in [0.25, 0.3) is 0 Å². The molecule has 5 heteroatoms. The SMILES string of the molecule is CCc1nn(C)cc1CN1CCC(C)(C(=O)O)CC1. The number of carbonyl (C=O) groups is 1. The number of hydrogen-bond donors (Lipinski definition) is 1. The minimum absolute atomic E-state index is 0.543. The highest BCUT2D eigenvalue weighted by Gasteiger charge is 2.36. The molecule has 0 aliphatic carbocycles. The number of carboxylic acids is 1. The highest BCUT2D eigenvalue weighted by Crippen LogP contribution is 2.31. The molecule has 0 atom stereocenters. The number of piperidine rings is 1. The summed E-state index contributed by atoms with van der Waals surface area (Å²) in [5.74, 6) is -0.664. The minimum Gasteiger partial charge on any atom is -0.481 e. The maximum atomic E-state index is 11.2. The molecule has 1 N–H and O–H groups in total. The van der Waals surface area contributed by atoms with Gasteiger partial charge in [0.1, 0.15) is 0 Å². The molecule has 1 aromatic rings. The second kappa shape index (κ2) is 5.33. The average Bonchev–Trinajstić information content (AvgIpc) is 2.72. The summed E-state index contributed by atoms with van der Waals surface area (Å²) < 4.78 is 1.86. The third-order valence-electron chi connectivity index (χ3n) is 4.20. The van der Waals surface area contributed by atoms with Crippen LogP contribution in [0, 0.1) is 5.41 Å². The minimum atomic E-state index is -0.664. The van der Waals surface area contributed by atoms with Gasteiger partial charge in [-0.3, -0.25) is 14.4 Å². The Morgan fingerprint density at radius 2 is 2.11 bits per heavy atom. The number of carboxylic acid groups (broad SMARTS) is 1. The molecule has 106 valence electrons. The summed E-state index contributed by atoms with van der Waals surface area (Å²) in [7, 11) is 1.94. The standard InChI is InChI=1S/C14H23N3O2/c1-4-12-11(9-16(3)15-12)10-17-7-5-14(2,6-8-17)13(18)19/h9H,4-8,10H2,1-3H3,(H,18,19). The smallest absolute Gasteiger partial charge is 0.309 e. The molecule has 2 heterocycles. The Hall–Kier alpha value is -1.36. The van der Waals surface area contributed by atoms with E-state index in [0.717, 1.165) is 44.6 Å². The molecule has 0 aromatic carbocycles. The van der Waals surface area contributed by atoms with Crippen LogP contribution < -0.4 is 0 Å². The van der Waals surface area contributed by atoms with Crippen LogP contribution >= 0.6 is 0 Å². The normalized spacial score (nSPS) is 19.5. The molecule has 2 rings (SSSR count). The average molecular weight is 265 g/mol. The predicted octanol–water partition coefficient (Wildman–Crippen LogP) is 1.67. The quantitative estimate of drug-likeness (QED) is 0.899. The van der Waals surface area contributed by atoms with Gasteiger partial charge in [-0.2, -0.15) is 5.10 Å². The summed E-state index contributed by atoms with van der Waals surface area (Å²) in [6, 6.07) is 0. The number of rotatable bonds is 4. The van der Waals surface area contributed by atoms with Gasteiger partial charge in [0.2, 0.25) is 0 Å². The van der Waals surface area contributed by atoms with Crippen LogP contribution in [-0.4, -0.2) is 38.8 Å². The van der Waals surface area contributed by atoms with E-state index in [1.807, 2.05) is 18.7 Å². The van der Waals surface area contributed by atoms with Gasteiger partial charge in [0.15, 0.2) is 0 Å². The summed E-state index contributed by atoms with van der Waals surface area (Å²) in [6.07, 6.45) is 4.47. The van der Waals surface area contributed by atoms with Crippen molar-refractivity contribution >= 4 is 5.97 Å². The second-order valence-corrected chi connectivity index (χ2v) is 5.77. The van der Waals surface area contributed by atoms with Gasteiger partial charge in [0.05, 0.1) is 11.1 Å². The first-order chi connectivity index (χ1) is 8.94. The summed E-state index contributed by atoms with van der Waals surface area (Å²) in [4.78, 5) is 13.5. The first kappa shape index (κ1) is 14.1. The number of aromatic nitrogens is 2. The molecule has 0 bridgehead atoms. The number of hydrogen-bond acceptors (Lipinski definition) is 3. The van der Waals surface area contributed by atoms with Gasteiger partial charge in [-0.15, -0.1) is 0 Å². The Morgan fingerprint density at radius 3 is 2.63 bits per heavy atom. The zero-order chi connectivity index (χ0) is 14.0. The van der Waals surface area contributed by atoms with Crippen LogP contribution in [0.25, 0.3) is 0 Å². The highest BCUT2D eigenvalue weighted by molar-refractivity contribution is 5.74. The number of aliphatic carboxylic acids is 1. The third-order valence-corrected chi connectivity index (χ3v) is 4.20. The lowest BCUT2D eigenvalue weighted by Gasteiger charge is -2.36. The Labute approximate surface area is 114 Å². The van der Waals surface area contributed by atoms with Crippen molar-refractivity contribution in [2.75, 3.05) is 13.1 Å². The van der Waals surface area contributed by atoms with E-state index in [4.69, 9.17) is 0 Å². The molecule has 1 aliphatic heterocycles. The van der Waals surface area contributed by atoms with Gasteiger partial charge < -0.3 is 5.11 Å². The van der Waals surface area contributed by atoms with E-state index < -0.39 is 11.4 Å². The molecular formula is C14H23N3O2. The second-order valence-electron chi connectivity index (χ2n) is 5.77. The number of nitrogens with zero attached hydrogens (tertiary/aromatic N) is 3. The maximum Gasteiger partial charge on any atom is 0.309 e. The Balaban J connectivity index is 1.97. The molecule has 1 aliphatic rings. The van der Waals surface area contributed by atoms with Crippen LogP contribution in [0.4, 0.5) is 0 Å². The van der Waals surface area contributed by atoms with Gasteiger partial charge >= 0.3 is 5.97 Å². The topological polar surface area (TPSA) is 58.4 Å². The van der Waals surface area contributed by atoms with Crippen molar-refractivity contribution in [1.29, 1.82) is 0 Å². The largest absolute Gasteiger partial charge is 0.481 e. The van der Waals surface area contributed by atoms with Crippen molar-refractivity contribution in [3.63, 3.8) is 0 Å². The summed E-state index contributed by atoms with van der Waals surface area (Å²) in [6.45, 7) is 6.55. The molecule has 0 spiro atoms. The molecule has 1 fully saturated rings. The van der Waals surface area contributed by atoms with E-state index in [0.29, 0.717) is 0 Å². The van der Waals surface area contributed by atoms with E-state index in [9.17, 15) is 9.90 Å². The van der Waals surface area contributed by atoms with Crippen molar-refractivity contribution < 1.29 is 9.90 Å². The van der Waals surface area contributed by atoms with Crippen LogP contribution in [0.3, 0.4) is 0 Å². The molecular weight excluding hydrogens is 242 g/mol. The van der Waals surface area contributed by atoms with Crippen molar-refractivity contribution in [2.24, 2.45) is 12.5 Å². The van der Waals surface area contributed by atoms with Crippen LogP contribution in [0.5, 0.6) is 0 Å². The maximum absolute atomic E-state index is 11.2. The van der Waals surface area contributed by atoms with Gasteiger partial charge in [-0.1, -0.05) is 6.92 Å². The monoisotopic (exact) mass is 265 g/mol. The number of aryl methyl sites for hydroxylation is 2. The Morgan fingerprint density at radius 1 is 1.47 bits per heavy atom. The van der Waals surface area contributed by atoms with Crippen molar-refractivity contribution in [2.45, 2.75) is 39.7 Å². The van der Waals surface area contributed by atoms with Crippen molar-refractivity contribution in [1.82, 2.24) is 14.7 Å². The van der Waals surface area contributed by atoms with E-state index in [1.54, 1.807) is 0 Å². The fourth-order valence-corrected chi connectivity index (χ4v) is 2.67. The van der Waals surface area contributed by atoms with Crippen LogP contribution in [0.15, 0.2) is 6.20 Å². The first-order valence-corrected chi connectivity index (χ1v) is 6.92. The molecule has 19 heavy (non-hydrogen) atoms. The molecule has 1 aromatic heterocycles. The van der Waals surface area contributed by atoms with Crippen LogP contribution in [0.2, 0.25) is 0 Å². The lowest BCUT2D eigenvalue weighted by molar-refractivity contribution is -0.150. The zero-order valence-electron chi connectivity index (χ0n) is 12.0. The van der Waals surface area contributed by atoms with E-state index in [-0.39, 0.29) is 0 Å². The van der Waals surface area contributed by atoms with Crippen LogP contribution in [0.1, 0.15) is 37.9 Å². The van der Waals surface area contributed by atoms with Gasteiger partial charge in [-0.05, 0) is 39.3 Å². The van der Waals surface area contributed by atoms with Gasteiger partial charge in [-0.25, -0.2) is 0 Å². The fraction of sp³-hybridized carbons (Fsp3) is 0.714. The molecule has 5 nitrogen and oxygen atoms in total. The zero-order valence-corrected chi connectivity index (χ0v) is 12.0. The third kappa shape index (κ3) is 2.97. The fourth-order valence-electron chi connectivity index (χ4n) is 2.67. The summed E-state index contributed by atoms with van der Waals surface area (Å²) in [5.41, 5.74) is 1.87. The lowest BCUT2D eigenvalue weighted by atomic mass is 9.80. The highest BCUT2D eigenvalue weighted by atomic mass is 16.4. The molecule has 0 saturated carbocycles. The number of likely N-dealkylation sites (tertiary alicyclic amines) is 1. The van der Waals surface area contributed by atoms with E-state index in [1.165, 1.54) is 5.56 Å². The van der Waals surface area contributed by atoms with Crippen LogP contribution in [-0.2, 0) is 24.8 Å². The predicted molar refractivity (Wildman–Crippen MR) is 72.8 cm³/mol. The summed E-state index contributed by atoms with van der Waals surface area (Å²) >= 11 is 0. The van der Waals surface area contributed by atoms with Gasteiger partial charge in [0, 0.05) is 25.4 Å². The molecule has 0 radical (unpaired) electrons. The molecule has 0 amide bonds. The van der Waals surface area contributed by atoms with Crippen molar-refractivity contribution in [3.8, 4) is 0 Å². The Kier molecular flexibility index (Phi) is 3.94. The lowest BCUT2D eigenvalue weighted by Crippen LogP contribution is -2.42. The van der Waals surface area contributed by atoms with Crippen molar-refractivity contribution in [3.05, 3.63) is 17.5 Å². The van der Waals surface area contributed by atoms with E-state index in [2.05, 4.69) is 23.1 Å². The Bertz CT molecular complexity index is 459. The first-order valence-electron chi connectivity index (χ1n) is 6.92. The summed E-state index contributed by atoms with van der Waals surface area (Å²) in [5, 5.41) is 13.7. The molecule has 1 saturated heterocycles. The molecule has 0 unspecified atom stereocenters. The van der Waals surface area contributed by atoms with E-state index >= 15 is 0 Å².